The molecule has 0 aliphatic rings. The number of aryl methyl sites for hydroxylation is 1. The molecule has 1 N–H and O–H groups in total. The zero-order valence-electron chi connectivity index (χ0n) is 15.0. The highest BCUT2D eigenvalue weighted by Gasteiger charge is 2.30. The summed E-state index contributed by atoms with van der Waals surface area (Å²) in [6.07, 6.45) is 0. The number of carbonyl (C=O) groups excluding carboxylic acids is 3. The quantitative estimate of drug-likeness (QED) is 0.632. The standard InChI is InChI=1S/C18H22N2O4S/c1-6-24-18(23)15-10(2)14(11(3)19-15)16(21)12(4)20(5)17(22)13-8-7-9-25-13/h7-9,12,19H,6H2,1-5H3. The molecule has 0 aliphatic heterocycles. The van der Waals surface area contributed by atoms with Crippen LogP contribution in [-0.2, 0) is 4.74 Å². The van der Waals surface area contributed by atoms with Crippen molar-refractivity contribution in [3.63, 3.8) is 0 Å². The van der Waals surface area contributed by atoms with Crippen LogP contribution < -0.4 is 0 Å². The fourth-order valence-electron chi connectivity index (χ4n) is 2.66. The van der Waals surface area contributed by atoms with Gasteiger partial charge in [-0.2, -0.15) is 0 Å². The van der Waals surface area contributed by atoms with E-state index in [2.05, 4.69) is 4.98 Å². The molecule has 1 atom stereocenters. The topological polar surface area (TPSA) is 79.5 Å². The number of aromatic amines is 1. The van der Waals surface area contributed by atoms with E-state index in [4.69, 9.17) is 4.74 Å². The van der Waals surface area contributed by atoms with Gasteiger partial charge in [-0.05, 0) is 44.7 Å². The van der Waals surface area contributed by atoms with Crippen molar-refractivity contribution in [3.8, 4) is 0 Å². The van der Waals surface area contributed by atoms with Crippen LogP contribution in [0.5, 0.6) is 0 Å². The maximum absolute atomic E-state index is 12.9. The number of likely N-dealkylation sites (N-methyl/N-ethyl adjacent to an activating group) is 1. The van der Waals surface area contributed by atoms with Crippen LogP contribution in [0.2, 0.25) is 0 Å². The lowest BCUT2D eigenvalue weighted by Crippen LogP contribution is -2.40. The predicted octanol–water partition coefficient (Wildman–Crippen LogP) is 3.21. The number of nitrogens with one attached hydrogen (secondary N) is 1. The maximum atomic E-state index is 12.9. The van der Waals surface area contributed by atoms with Crippen LogP contribution in [0.4, 0.5) is 0 Å². The predicted molar refractivity (Wildman–Crippen MR) is 96.4 cm³/mol. The zero-order valence-corrected chi connectivity index (χ0v) is 15.8. The molecule has 25 heavy (non-hydrogen) atoms. The SMILES string of the molecule is CCOC(=O)c1[nH]c(C)c(C(=O)C(C)N(C)C(=O)c2cccs2)c1C. The van der Waals surface area contributed by atoms with Gasteiger partial charge in [-0.3, -0.25) is 9.59 Å². The molecular weight excluding hydrogens is 340 g/mol. The average Bonchev–Trinajstić information content (AvgIpc) is 3.21. The van der Waals surface area contributed by atoms with Gasteiger partial charge in [0.1, 0.15) is 5.69 Å². The lowest BCUT2D eigenvalue weighted by molar-refractivity contribution is 0.0519. The maximum Gasteiger partial charge on any atom is 0.355 e. The molecule has 7 heteroatoms. The van der Waals surface area contributed by atoms with Crippen molar-refractivity contribution in [2.24, 2.45) is 0 Å². The van der Waals surface area contributed by atoms with Crippen LogP contribution in [0.1, 0.15) is 55.6 Å². The first-order valence-electron chi connectivity index (χ1n) is 8.00. The molecule has 2 rings (SSSR count). The molecule has 0 bridgehead atoms. The van der Waals surface area contributed by atoms with E-state index in [0.717, 1.165) is 0 Å². The summed E-state index contributed by atoms with van der Waals surface area (Å²) in [5, 5.41) is 1.82. The fraction of sp³-hybridized carbons (Fsp3) is 0.389. The van der Waals surface area contributed by atoms with Crippen molar-refractivity contribution in [3.05, 3.63) is 44.9 Å². The van der Waals surface area contributed by atoms with Gasteiger partial charge in [-0.1, -0.05) is 6.07 Å². The van der Waals surface area contributed by atoms with E-state index in [1.54, 1.807) is 46.9 Å². The molecule has 0 spiro atoms. The first kappa shape index (κ1) is 18.9. The number of esters is 1. The minimum Gasteiger partial charge on any atom is -0.461 e. The summed E-state index contributed by atoms with van der Waals surface area (Å²) >= 11 is 1.33. The van der Waals surface area contributed by atoms with Crippen LogP contribution in [0.25, 0.3) is 0 Å². The van der Waals surface area contributed by atoms with Crippen LogP contribution in [0, 0.1) is 13.8 Å². The number of amides is 1. The molecule has 2 aromatic heterocycles. The Hall–Kier alpha value is -2.41. The van der Waals surface area contributed by atoms with E-state index in [9.17, 15) is 14.4 Å². The van der Waals surface area contributed by atoms with Crippen molar-refractivity contribution in [2.45, 2.75) is 33.7 Å². The number of rotatable bonds is 6. The second kappa shape index (κ2) is 7.65. The number of ketones is 1. The van der Waals surface area contributed by atoms with Gasteiger partial charge in [0.15, 0.2) is 5.78 Å². The van der Waals surface area contributed by atoms with Crippen molar-refractivity contribution in [1.29, 1.82) is 0 Å². The molecule has 0 radical (unpaired) electrons. The Balaban J connectivity index is 2.28. The van der Waals surface area contributed by atoms with Crippen molar-refractivity contribution < 1.29 is 19.1 Å². The minimum atomic E-state index is -0.655. The Morgan fingerprint density at radius 1 is 1.32 bits per heavy atom. The first-order chi connectivity index (χ1) is 11.8. The van der Waals surface area contributed by atoms with Gasteiger partial charge >= 0.3 is 5.97 Å². The second-order valence-corrected chi connectivity index (χ2v) is 6.73. The monoisotopic (exact) mass is 362 g/mol. The third-order valence-electron chi connectivity index (χ3n) is 4.18. The first-order valence-corrected chi connectivity index (χ1v) is 8.88. The normalized spacial score (nSPS) is 11.9. The van der Waals surface area contributed by atoms with Crippen molar-refractivity contribution in [1.82, 2.24) is 9.88 Å². The van der Waals surface area contributed by atoms with E-state index >= 15 is 0 Å². The van der Waals surface area contributed by atoms with Gasteiger partial charge in [0.05, 0.1) is 17.5 Å². The summed E-state index contributed by atoms with van der Waals surface area (Å²) in [5.41, 5.74) is 1.85. The molecule has 2 heterocycles. The van der Waals surface area contributed by atoms with E-state index < -0.39 is 12.0 Å². The van der Waals surface area contributed by atoms with Gasteiger partial charge in [0.2, 0.25) is 0 Å². The Kier molecular flexibility index (Phi) is 5.79. The van der Waals surface area contributed by atoms with E-state index in [-0.39, 0.29) is 24.0 Å². The smallest absolute Gasteiger partial charge is 0.355 e. The molecule has 2 aromatic rings. The molecule has 0 saturated carbocycles. The van der Waals surface area contributed by atoms with Gasteiger partial charge in [-0.25, -0.2) is 4.79 Å². The number of hydrogen-bond acceptors (Lipinski definition) is 5. The van der Waals surface area contributed by atoms with Crippen LogP contribution >= 0.6 is 11.3 Å². The Morgan fingerprint density at radius 3 is 2.56 bits per heavy atom. The van der Waals surface area contributed by atoms with E-state index in [0.29, 0.717) is 21.7 Å². The second-order valence-electron chi connectivity index (χ2n) is 5.78. The third-order valence-corrected chi connectivity index (χ3v) is 5.03. The molecular formula is C18H22N2O4S. The summed E-state index contributed by atoms with van der Waals surface area (Å²) in [6, 6.07) is 2.87. The molecule has 0 fully saturated rings. The zero-order chi connectivity index (χ0) is 18.7. The summed E-state index contributed by atoms with van der Waals surface area (Å²) in [5.74, 6) is -0.903. The number of nitrogens with zero attached hydrogens (tertiary/aromatic N) is 1. The average molecular weight is 362 g/mol. The van der Waals surface area contributed by atoms with Gasteiger partial charge in [0, 0.05) is 18.3 Å². The molecule has 0 saturated heterocycles. The number of carbonyl (C=O) groups is 3. The molecule has 1 unspecified atom stereocenters. The van der Waals surface area contributed by atoms with Crippen molar-refractivity contribution in [2.75, 3.05) is 13.7 Å². The Morgan fingerprint density at radius 2 is 2.00 bits per heavy atom. The fourth-order valence-corrected chi connectivity index (χ4v) is 3.37. The molecule has 6 nitrogen and oxygen atoms in total. The van der Waals surface area contributed by atoms with Gasteiger partial charge < -0.3 is 14.6 Å². The highest BCUT2D eigenvalue weighted by atomic mass is 32.1. The lowest BCUT2D eigenvalue weighted by atomic mass is 10.00. The number of thiophene rings is 1. The molecule has 134 valence electrons. The lowest BCUT2D eigenvalue weighted by Gasteiger charge is -2.23. The van der Waals surface area contributed by atoms with Crippen LogP contribution in [0.3, 0.4) is 0 Å². The summed E-state index contributed by atoms with van der Waals surface area (Å²) in [6.45, 7) is 7.10. The van der Waals surface area contributed by atoms with Crippen molar-refractivity contribution >= 4 is 29.0 Å². The highest BCUT2D eigenvalue weighted by molar-refractivity contribution is 7.12. The van der Waals surface area contributed by atoms with E-state index in [1.807, 2.05) is 5.38 Å². The Bertz CT molecular complexity index is 792. The number of hydrogen-bond donors (Lipinski definition) is 1. The summed E-state index contributed by atoms with van der Waals surface area (Å²) < 4.78 is 5.01. The summed E-state index contributed by atoms with van der Waals surface area (Å²) in [4.78, 5) is 42.3. The Labute approximate surface area is 150 Å². The third kappa shape index (κ3) is 3.66. The van der Waals surface area contributed by atoms with Crippen LogP contribution in [0.15, 0.2) is 17.5 Å². The number of ether oxygens (including phenoxy) is 1. The summed E-state index contributed by atoms with van der Waals surface area (Å²) in [7, 11) is 1.61. The molecule has 0 aromatic carbocycles. The van der Waals surface area contributed by atoms with Gasteiger partial charge in [-0.15, -0.1) is 11.3 Å². The largest absolute Gasteiger partial charge is 0.461 e. The highest BCUT2D eigenvalue weighted by Crippen LogP contribution is 2.22. The van der Waals surface area contributed by atoms with Gasteiger partial charge in [0.25, 0.3) is 5.91 Å². The van der Waals surface area contributed by atoms with E-state index in [1.165, 1.54) is 16.2 Å². The molecule has 1 amide bonds. The molecule has 0 aliphatic carbocycles. The number of Topliss-reactive ketones (excluding diaryl/α,β-unsaturated/α-hetero) is 1. The minimum absolute atomic E-state index is 0.202. The van der Waals surface area contributed by atoms with Crippen LogP contribution in [-0.4, -0.2) is 47.2 Å². The number of H-pyrrole nitrogens is 1. The number of aromatic nitrogens is 1.